The number of rotatable bonds is 15. The van der Waals surface area contributed by atoms with Crippen LogP contribution in [0.3, 0.4) is 0 Å². The normalized spacial score (nSPS) is 11.9. The van der Waals surface area contributed by atoms with Crippen molar-refractivity contribution >= 4 is 39.3 Å². The van der Waals surface area contributed by atoms with Crippen molar-refractivity contribution in [2.24, 2.45) is 0 Å². The van der Waals surface area contributed by atoms with Gasteiger partial charge in [-0.2, -0.15) is 0 Å². The van der Waals surface area contributed by atoms with Crippen LogP contribution in [0.25, 0.3) is 0 Å². The number of benzene rings is 3. The van der Waals surface area contributed by atoms with Crippen molar-refractivity contribution in [2.75, 3.05) is 36.8 Å². The fraction of sp³-hybridized carbons (Fsp3) is 0.355. The van der Waals surface area contributed by atoms with E-state index in [2.05, 4.69) is 5.32 Å². The summed E-state index contributed by atoms with van der Waals surface area (Å²) in [6, 6.07) is 22.2. The second kappa shape index (κ2) is 15.5. The van der Waals surface area contributed by atoms with E-state index in [1.807, 2.05) is 50.4 Å². The molecule has 0 radical (unpaired) electrons. The average molecular weight is 598 g/mol. The van der Waals surface area contributed by atoms with Crippen LogP contribution in [0.2, 0.25) is 0 Å². The SMILES string of the molecule is CCCNC(=O)C(C)N(CCc1ccccc1)C(=O)CN(c1ccccc1OCC)S(=O)(=O)c1ccc(SC)cc1. The number of anilines is 1. The van der Waals surface area contributed by atoms with Gasteiger partial charge in [-0.1, -0.05) is 49.4 Å². The molecule has 3 aromatic carbocycles. The number of carbonyl (C=O) groups excluding carboxylic acids is 2. The summed E-state index contributed by atoms with van der Waals surface area (Å²) in [5.74, 6) is -0.433. The van der Waals surface area contributed by atoms with Gasteiger partial charge in [0.2, 0.25) is 11.8 Å². The molecule has 0 aliphatic rings. The van der Waals surface area contributed by atoms with E-state index in [1.54, 1.807) is 43.3 Å². The Balaban J connectivity index is 2.02. The Bertz CT molecular complexity index is 1380. The zero-order chi connectivity index (χ0) is 29.8. The summed E-state index contributed by atoms with van der Waals surface area (Å²) in [5, 5.41) is 2.86. The summed E-state index contributed by atoms with van der Waals surface area (Å²) in [5.41, 5.74) is 1.26. The van der Waals surface area contributed by atoms with Crippen molar-refractivity contribution in [1.82, 2.24) is 10.2 Å². The largest absolute Gasteiger partial charge is 0.492 e. The molecule has 220 valence electrons. The van der Waals surface area contributed by atoms with Crippen LogP contribution in [-0.4, -0.2) is 63.7 Å². The van der Waals surface area contributed by atoms with E-state index in [0.29, 0.717) is 25.3 Å². The van der Waals surface area contributed by atoms with Crippen LogP contribution in [0.5, 0.6) is 5.75 Å². The van der Waals surface area contributed by atoms with E-state index in [-0.39, 0.29) is 23.0 Å². The van der Waals surface area contributed by atoms with Gasteiger partial charge in [0.25, 0.3) is 10.0 Å². The summed E-state index contributed by atoms with van der Waals surface area (Å²) in [7, 11) is -4.18. The van der Waals surface area contributed by atoms with Crippen molar-refractivity contribution in [1.29, 1.82) is 0 Å². The summed E-state index contributed by atoms with van der Waals surface area (Å²) >= 11 is 1.50. The number of hydrogen-bond acceptors (Lipinski definition) is 6. The molecule has 0 bridgehead atoms. The van der Waals surface area contributed by atoms with Gasteiger partial charge >= 0.3 is 0 Å². The molecule has 41 heavy (non-hydrogen) atoms. The second-order valence-electron chi connectivity index (χ2n) is 9.38. The summed E-state index contributed by atoms with van der Waals surface area (Å²) in [6.45, 7) is 5.97. The molecule has 1 atom stereocenters. The maximum absolute atomic E-state index is 14.1. The van der Waals surface area contributed by atoms with Crippen LogP contribution in [0.15, 0.2) is 88.7 Å². The highest BCUT2D eigenvalue weighted by Gasteiger charge is 2.33. The number of nitrogens with one attached hydrogen (secondary N) is 1. The maximum atomic E-state index is 14.1. The van der Waals surface area contributed by atoms with E-state index < -0.39 is 28.5 Å². The maximum Gasteiger partial charge on any atom is 0.264 e. The molecular formula is C31H39N3O5S2. The molecule has 0 saturated heterocycles. The van der Waals surface area contributed by atoms with Crippen molar-refractivity contribution < 1.29 is 22.7 Å². The highest BCUT2D eigenvalue weighted by atomic mass is 32.2. The molecule has 1 N–H and O–H groups in total. The molecule has 2 amide bonds. The van der Waals surface area contributed by atoms with Crippen molar-refractivity contribution in [3.63, 3.8) is 0 Å². The minimum Gasteiger partial charge on any atom is -0.492 e. The highest BCUT2D eigenvalue weighted by Crippen LogP contribution is 2.33. The first-order chi connectivity index (χ1) is 19.7. The zero-order valence-corrected chi connectivity index (χ0v) is 25.7. The molecule has 0 spiro atoms. The first-order valence-corrected chi connectivity index (χ1v) is 16.4. The Hall–Kier alpha value is -3.50. The van der Waals surface area contributed by atoms with Crippen LogP contribution in [0.4, 0.5) is 5.69 Å². The Kier molecular flexibility index (Phi) is 12.1. The molecule has 10 heteroatoms. The van der Waals surface area contributed by atoms with Gasteiger partial charge in [0.15, 0.2) is 0 Å². The van der Waals surface area contributed by atoms with Crippen LogP contribution in [-0.2, 0) is 26.0 Å². The predicted octanol–water partition coefficient (Wildman–Crippen LogP) is 4.99. The average Bonchev–Trinajstić information content (AvgIpc) is 2.99. The molecule has 3 rings (SSSR count). The lowest BCUT2D eigenvalue weighted by Gasteiger charge is -2.32. The summed E-state index contributed by atoms with van der Waals surface area (Å²) in [4.78, 5) is 29.4. The topological polar surface area (TPSA) is 96.0 Å². The van der Waals surface area contributed by atoms with E-state index >= 15 is 0 Å². The molecule has 8 nitrogen and oxygen atoms in total. The minimum absolute atomic E-state index is 0.0546. The molecule has 0 heterocycles. The Labute approximate surface area is 248 Å². The van der Waals surface area contributed by atoms with Gasteiger partial charge in [0.05, 0.1) is 17.2 Å². The monoisotopic (exact) mass is 597 g/mol. The lowest BCUT2D eigenvalue weighted by atomic mass is 10.1. The van der Waals surface area contributed by atoms with Crippen molar-refractivity contribution in [2.45, 2.75) is 49.4 Å². The van der Waals surface area contributed by atoms with E-state index in [4.69, 9.17) is 4.74 Å². The molecular weight excluding hydrogens is 558 g/mol. The Morgan fingerprint density at radius 3 is 2.24 bits per heavy atom. The van der Waals surface area contributed by atoms with Gasteiger partial charge in [0, 0.05) is 18.0 Å². The first-order valence-electron chi connectivity index (χ1n) is 13.7. The Morgan fingerprint density at radius 2 is 1.61 bits per heavy atom. The molecule has 0 aromatic heterocycles. The third-order valence-electron chi connectivity index (χ3n) is 6.56. The number of ether oxygens (including phenoxy) is 1. The molecule has 0 aliphatic carbocycles. The number of sulfonamides is 1. The highest BCUT2D eigenvalue weighted by molar-refractivity contribution is 7.98. The van der Waals surface area contributed by atoms with Gasteiger partial charge in [-0.15, -0.1) is 11.8 Å². The fourth-order valence-corrected chi connectivity index (χ4v) is 6.13. The number of nitrogens with zero attached hydrogens (tertiary/aromatic N) is 2. The van der Waals surface area contributed by atoms with Crippen LogP contribution in [0, 0.1) is 0 Å². The molecule has 3 aromatic rings. The summed E-state index contributed by atoms with van der Waals surface area (Å²) in [6.07, 6.45) is 3.18. The quantitative estimate of drug-likeness (QED) is 0.248. The van der Waals surface area contributed by atoms with Crippen molar-refractivity contribution in [3.8, 4) is 5.75 Å². The predicted molar refractivity (Wildman–Crippen MR) is 165 cm³/mol. The van der Waals surface area contributed by atoms with Gasteiger partial charge in [-0.25, -0.2) is 8.42 Å². The molecule has 0 saturated carbocycles. The van der Waals surface area contributed by atoms with Gasteiger partial charge in [-0.05, 0) is 74.9 Å². The zero-order valence-electron chi connectivity index (χ0n) is 24.1. The van der Waals surface area contributed by atoms with Crippen LogP contribution < -0.4 is 14.4 Å². The third-order valence-corrected chi connectivity index (χ3v) is 9.08. The number of hydrogen-bond donors (Lipinski definition) is 1. The van der Waals surface area contributed by atoms with Crippen molar-refractivity contribution in [3.05, 3.63) is 84.4 Å². The molecule has 1 unspecified atom stereocenters. The number of amides is 2. The summed E-state index contributed by atoms with van der Waals surface area (Å²) < 4.78 is 35.0. The van der Waals surface area contributed by atoms with Gasteiger partial charge < -0.3 is 15.0 Å². The fourth-order valence-electron chi connectivity index (χ4n) is 4.30. The number of thioether (sulfide) groups is 1. The minimum atomic E-state index is -4.18. The van der Waals surface area contributed by atoms with Gasteiger partial charge in [0.1, 0.15) is 18.3 Å². The molecule has 0 aliphatic heterocycles. The smallest absolute Gasteiger partial charge is 0.264 e. The molecule has 0 fully saturated rings. The first kappa shape index (κ1) is 32.0. The lowest BCUT2D eigenvalue weighted by Crippen LogP contribution is -2.52. The van der Waals surface area contributed by atoms with E-state index in [9.17, 15) is 18.0 Å². The van der Waals surface area contributed by atoms with E-state index in [1.165, 1.54) is 28.8 Å². The Morgan fingerprint density at radius 1 is 0.951 bits per heavy atom. The van der Waals surface area contributed by atoms with Crippen LogP contribution >= 0.6 is 11.8 Å². The number of carbonyl (C=O) groups is 2. The van der Waals surface area contributed by atoms with Crippen LogP contribution in [0.1, 0.15) is 32.8 Å². The second-order valence-corrected chi connectivity index (χ2v) is 12.1. The standard InChI is InChI=1S/C31H39N3O5S2/c1-5-21-32-31(36)24(3)33(22-20-25-12-8-7-9-13-25)30(35)23-34(28-14-10-11-15-29(28)39-6-2)41(37,38)27-18-16-26(40-4)17-19-27/h7-19,24H,5-6,20-23H2,1-4H3,(H,32,36). The van der Waals surface area contributed by atoms with E-state index in [0.717, 1.165) is 21.2 Å². The lowest BCUT2D eigenvalue weighted by molar-refractivity contribution is -0.138. The van der Waals surface area contributed by atoms with Gasteiger partial charge in [-0.3, -0.25) is 13.9 Å². The number of para-hydroxylation sites is 2. The third kappa shape index (κ3) is 8.50.